The van der Waals surface area contributed by atoms with Crippen LogP contribution in [-0.2, 0) is 5.41 Å². The van der Waals surface area contributed by atoms with Gasteiger partial charge >= 0.3 is 0 Å². The van der Waals surface area contributed by atoms with Crippen molar-refractivity contribution in [1.29, 1.82) is 0 Å². The maximum absolute atomic E-state index is 6.22. The fourth-order valence-corrected chi connectivity index (χ4v) is 3.16. The van der Waals surface area contributed by atoms with Gasteiger partial charge in [-0.15, -0.1) is 0 Å². The monoisotopic (exact) mass is 372 g/mol. The van der Waals surface area contributed by atoms with E-state index in [0.29, 0.717) is 11.8 Å². The number of rotatable bonds is 4. The third-order valence-corrected chi connectivity index (χ3v) is 4.56. The van der Waals surface area contributed by atoms with Gasteiger partial charge in [-0.1, -0.05) is 45.0 Å². The van der Waals surface area contributed by atoms with Crippen LogP contribution >= 0.6 is 0 Å². The van der Waals surface area contributed by atoms with E-state index in [4.69, 9.17) is 4.74 Å². The number of para-hydroxylation sites is 1. The summed E-state index contributed by atoms with van der Waals surface area (Å²) >= 11 is 0. The number of fused-ring (bicyclic) bond motifs is 1. The quantitative estimate of drug-likeness (QED) is 0.454. The maximum Gasteiger partial charge on any atom is 0.243 e. The van der Waals surface area contributed by atoms with Crippen LogP contribution in [0.5, 0.6) is 11.6 Å². The Labute approximate surface area is 164 Å². The minimum absolute atomic E-state index is 0.0322. The Bertz CT molecular complexity index is 1120. The number of aryl methyl sites for hydroxylation is 1. The molecule has 5 nitrogen and oxygen atoms in total. The van der Waals surface area contributed by atoms with E-state index in [1.165, 1.54) is 5.56 Å². The van der Waals surface area contributed by atoms with Crippen molar-refractivity contribution in [3.05, 3.63) is 71.9 Å². The lowest BCUT2D eigenvalue weighted by Crippen LogP contribution is -2.12. The highest BCUT2D eigenvalue weighted by Crippen LogP contribution is 2.36. The summed E-state index contributed by atoms with van der Waals surface area (Å²) in [6.07, 6.45) is 1.72. The van der Waals surface area contributed by atoms with Crippen LogP contribution in [0.15, 0.2) is 60.8 Å². The van der Waals surface area contributed by atoms with Gasteiger partial charge in [0.05, 0.1) is 11.0 Å². The van der Waals surface area contributed by atoms with Crippen molar-refractivity contribution < 1.29 is 4.74 Å². The number of benzene rings is 2. The molecule has 0 unspecified atom stereocenters. The van der Waals surface area contributed by atoms with Crippen molar-refractivity contribution in [3.63, 3.8) is 0 Å². The van der Waals surface area contributed by atoms with Crippen LogP contribution in [0.4, 0.5) is 11.6 Å². The van der Waals surface area contributed by atoms with E-state index in [-0.39, 0.29) is 5.41 Å². The Morgan fingerprint density at radius 1 is 1.00 bits per heavy atom. The molecule has 0 spiro atoms. The Morgan fingerprint density at radius 3 is 2.64 bits per heavy atom. The van der Waals surface area contributed by atoms with Gasteiger partial charge in [-0.3, -0.25) is 0 Å². The summed E-state index contributed by atoms with van der Waals surface area (Å²) in [5.41, 5.74) is 4.94. The first-order chi connectivity index (χ1) is 13.4. The van der Waals surface area contributed by atoms with Crippen LogP contribution in [0, 0.1) is 6.92 Å². The number of imidazole rings is 1. The van der Waals surface area contributed by atoms with Crippen molar-refractivity contribution in [2.45, 2.75) is 33.1 Å². The SMILES string of the molecule is Cc1ccc2nc(Nc3cccnc3Oc3ccccc3C(C)(C)C)[nH]c2c1. The number of pyridine rings is 1. The van der Waals surface area contributed by atoms with Crippen molar-refractivity contribution in [1.82, 2.24) is 15.0 Å². The zero-order valence-corrected chi connectivity index (χ0v) is 16.6. The molecule has 4 aromatic rings. The number of aromatic nitrogens is 3. The van der Waals surface area contributed by atoms with Crippen molar-refractivity contribution in [2.24, 2.45) is 0 Å². The second kappa shape index (κ2) is 7.00. The second-order valence-corrected chi connectivity index (χ2v) is 7.94. The molecule has 2 aromatic carbocycles. The molecule has 2 N–H and O–H groups in total. The van der Waals surface area contributed by atoms with Gasteiger partial charge in [0.25, 0.3) is 0 Å². The molecule has 0 saturated heterocycles. The average Bonchev–Trinajstić information content (AvgIpc) is 3.04. The first-order valence-corrected chi connectivity index (χ1v) is 9.36. The van der Waals surface area contributed by atoms with Gasteiger partial charge in [-0.25, -0.2) is 9.97 Å². The van der Waals surface area contributed by atoms with E-state index in [1.54, 1.807) is 6.20 Å². The molecule has 0 amide bonds. The molecule has 0 radical (unpaired) electrons. The normalized spacial score (nSPS) is 11.6. The van der Waals surface area contributed by atoms with E-state index in [9.17, 15) is 0 Å². The van der Waals surface area contributed by atoms with Crippen LogP contribution in [-0.4, -0.2) is 15.0 Å². The lowest BCUT2D eigenvalue weighted by atomic mass is 9.86. The summed E-state index contributed by atoms with van der Waals surface area (Å²) in [6.45, 7) is 8.57. The number of anilines is 2. The third-order valence-electron chi connectivity index (χ3n) is 4.56. The molecule has 28 heavy (non-hydrogen) atoms. The summed E-state index contributed by atoms with van der Waals surface area (Å²) < 4.78 is 6.22. The predicted octanol–water partition coefficient (Wildman–Crippen LogP) is 6.10. The highest BCUT2D eigenvalue weighted by Gasteiger charge is 2.20. The Hall–Kier alpha value is -3.34. The van der Waals surface area contributed by atoms with E-state index in [0.717, 1.165) is 28.0 Å². The maximum atomic E-state index is 6.22. The first kappa shape index (κ1) is 18.0. The second-order valence-electron chi connectivity index (χ2n) is 7.94. The van der Waals surface area contributed by atoms with E-state index in [1.807, 2.05) is 36.4 Å². The zero-order chi connectivity index (χ0) is 19.7. The lowest BCUT2D eigenvalue weighted by molar-refractivity contribution is 0.442. The molecule has 0 aliphatic rings. The van der Waals surface area contributed by atoms with Gasteiger partial charge in [-0.05, 0) is 48.2 Å². The predicted molar refractivity (Wildman–Crippen MR) is 114 cm³/mol. The fraction of sp³-hybridized carbons (Fsp3) is 0.217. The van der Waals surface area contributed by atoms with Crippen LogP contribution in [0.25, 0.3) is 11.0 Å². The summed E-state index contributed by atoms with van der Waals surface area (Å²) in [5, 5.41) is 3.31. The molecular formula is C23H24N4O. The van der Waals surface area contributed by atoms with Gasteiger partial charge < -0.3 is 15.0 Å². The molecule has 0 aliphatic carbocycles. The van der Waals surface area contributed by atoms with Gasteiger partial charge in [0.1, 0.15) is 11.4 Å². The molecule has 0 bridgehead atoms. The molecule has 4 rings (SSSR count). The minimum atomic E-state index is -0.0322. The summed E-state index contributed by atoms with van der Waals surface area (Å²) in [7, 11) is 0. The van der Waals surface area contributed by atoms with E-state index in [2.05, 4.69) is 66.2 Å². The largest absolute Gasteiger partial charge is 0.437 e. The molecular weight excluding hydrogens is 348 g/mol. The highest BCUT2D eigenvalue weighted by molar-refractivity contribution is 5.79. The number of ether oxygens (including phenoxy) is 1. The summed E-state index contributed by atoms with van der Waals surface area (Å²) in [6, 6.07) is 18.0. The summed E-state index contributed by atoms with van der Waals surface area (Å²) in [4.78, 5) is 12.3. The lowest BCUT2D eigenvalue weighted by Gasteiger charge is -2.22. The van der Waals surface area contributed by atoms with Crippen LogP contribution in [0.2, 0.25) is 0 Å². The number of hydrogen-bond donors (Lipinski definition) is 2. The topological polar surface area (TPSA) is 62.8 Å². The standard InChI is InChI=1S/C23H24N4O/c1-15-11-12-17-19(14-15)27-22(25-17)26-18-9-7-13-24-21(18)28-20-10-6-5-8-16(20)23(2,3)4/h5-14H,1-4H3,(H2,25,26,27). The number of H-pyrrole nitrogens is 1. The molecule has 142 valence electrons. The molecule has 0 fully saturated rings. The fourth-order valence-electron chi connectivity index (χ4n) is 3.16. The molecule has 0 saturated carbocycles. The van der Waals surface area contributed by atoms with Crippen molar-refractivity contribution in [3.8, 4) is 11.6 Å². The smallest absolute Gasteiger partial charge is 0.243 e. The number of hydrogen-bond acceptors (Lipinski definition) is 4. The molecule has 0 atom stereocenters. The van der Waals surface area contributed by atoms with Crippen LogP contribution in [0.1, 0.15) is 31.9 Å². The third kappa shape index (κ3) is 3.69. The molecule has 2 heterocycles. The average molecular weight is 372 g/mol. The molecule has 2 aromatic heterocycles. The van der Waals surface area contributed by atoms with Gasteiger partial charge in [0.15, 0.2) is 0 Å². The Kier molecular flexibility index (Phi) is 4.51. The number of aromatic amines is 1. The number of nitrogens with one attached hydrogen (secondary N) is 2. The van der Waals surface area contributed by atoms with E-state index >= 15 is 0 Å². The highest BCUT2D eigenvalue weighted by atomic mass is 16.5. The van der Waals surface area contributed by atoms with Gasteiger partial charge in [-0.2, -0.15) is 0 Å². The van der Waals surface area contributed by atoms with Gasteiger partial charge in [0, 0.05) is 11.8 Å². The van der Waals surface area contributed by atoms with E-state index < -0.39 is 0 Å². The van der Waals surface area contributed by atoms with Crippen LogP contribution < -0.4 is 10.1 Å². The van der Waals surface area contributed by atoms with Gasteiger partial charge in [0.2, 0.25) is 11.8 Å². The first-order valence-electron chi connectivity index (χ1n) is 9.36. The minimum Gasteiger partial charge on any atom is -0.437 e. The molecule has 0 aliphatic heterocycles. The summed E-state index contributed by atoms with van der Waals surface area (Å²) in [5.74, 6) is 1.97. The molecule has 5 heteroatoms. The van der Waals surface area contributed by atoms with Crippen molar-refractivity contribution >= 4 is 22.7 Å². The van der Waals surface area contributed by atoms with Crippen LogP contribution in [0.3, 0.4) is 0 Å². The number of nitrogens with zero attached hydrogens (tertiary/aromatic N) is 2. The Balaban J connectivity index is 1.66. The van der Waals surface area contributed by atoms with Crippen molar-refractivity contribution in [2.75, 3.05) is 5.32 Å². The Morgan fingerprint density at radius 2 is 1.82 bits per heavy atom. The zero-order valence-electron chi connectivity index (χ0n) is 16.6.